The molecule has 0 N–H and O–H groups in total. The van der Waals surface area contributed by atoms with Crippen molar-refractivity contribution in [3.8, 4) is 11.6 Å². The molecule has 0 bridgehead atoms. The Morgan fingerprint density at radius 3 is 2.75 bits per heavy atom. The van der Waals surface area contributed by atoms with Gasteiger partial charge in [-0.1, -0.05) is 5.16 Å². The van der Waals surface area contributed by atoms with Crippen molar-refractivity contribution in [2.45, 2.75) is 13.5 Å². The Morgan fingerprint density at radius 2 is 2.07 bits per heavy atom. The third-order valence-electron chi connectivity index (χ3n) is 4.52. The number of pyridine rings is 1. The summed E-state index contributed by atoms with van der Waals surface area (Å²) in [5, 5.41) is 3.96. The van der Waals surface area contributed by atoms with Crippen LogP contribution in [0.1, 0.15) is 23.2 Å². The second-order valence-electron chi connectivity index (χ2n) is 6.38. The minimum absolute atomic E-state index is 0.347. The molecule has 9 nitrogen and oxygen atoms in total. The van der Waals surface area contributed by atoms with Crippen LogP contribution in [-0.2, 0) is 11.3 Å². The lowest BCUT2D eigenvalue weighted by molar-refractivity contribution is 0.0526. The number of rotatable bonds is 6. The maximum absolute atomic E-state index is 11.7. The minimum atomic E-state index is -0.347. The van der Waals surface area contributed by atoms with E-state index in [1.165, 1.54) is 0 Å². The fourth-order valence-electron chi connectivity index (χ4n) is 3.06. The molecule has 0 spiro atoms. The van der Waals surface area contributed by atoms with E-state index in [-0.39, 0.29) is 5.97 Å². The highest BCUT2D eigenvalue weighted by Gasteiger charge is 2.21. The average molecular weight is 383 g/mol. The first-order valence-electron chi connectivity index (χ1n) is 9.20. The smallest absolute Gasteiger partial charge is 0.339 e. The van der Waals surface area contributed by atoms with Crippen molar-refractivity contribution >= 4 is 11.8 Å². The van der Waals surface area contributed by atoms with Crippen molar-refractivity contribution in [2.24, 2.45) is 0 Å². The van der Waals surface area contributed by atoms with Gasteiger partial charge in [-0.05, 0) is 31.2 Å². The molecule has 1 fully saturated rings. The predicted octanol–water partition coefficient (Wildman–Crippen LogP) is 2.22. The van der Waals surface area contributed by atoms with Gasteiger partial charge >= 0.3 is 5.97 Å². The standard InChI is InChI=1S/C19H21N5O4/c1-2-26-19(25)14-5-6-16(20-12-14)24-9-7-23(8-10-24)13-17-21-18(22-28-17)15-4-3-11-27-15/h3-6,11-12H,2,7-10,13H2,1H3. The lowest BCUT2D eigenvalue weighted by Gasteiger charge is -2.34. The number of piperazine rings is 1. The van der Waals surface area contributed by atoms with Gasteiger partial charge in [0.05, 0.1) is 25.0 Å². The van der Waals surface area contributed by atoms with E-state index in [4.69, 9.17) is 13.7 Å². The number of ether oxygens (including phenoxy) is 1. The van der Waals surface area contributed by atoms with Crippen LogP contribution < -0.4 is 4.90 Å². The van der Waals surface area contributed by atoms with Crippen LogP contribution in [0.4, 0.5) is 5.82 Å². The molecular weight excluding hydrogens is 362 g/mol. The first-order chi connectivity index (χ1) is 13.7. The van der Waals surface area contributed by atoms with Gasteiger partial charge in [0.2, 0.25) is 11.7 Å². The number of furan rings is 1. The maximum Gasteiger partial charge on any atom is 0.339 e. The van der Waals surface area contributed by atoms with Crippen LogP contribution in [-0.4, -0.2) is 58.8 Å². The number of esters is 1. The second-order valence-corrected chi connectivity index (χ2v) is 6.38. The summed E-state index contributed by atoms with van der Waals surface area (Å²) >= 11 is 0. The lowest BCUT2D eigenvalue weighted by atomic mass is 10.2. The van der Waals surface area contributed by atoms with Crippen LogP contribution in [0.15, 0.2) is 45.7 Å². The summed E-state index contributed by atoms with van der Waals surface area (Å²) in [5.41, 5.74) is 0.466. The molecule has 4 rings (SSSR count). The molecule has 0 amide bonds. The molecule has 1 aliphatic heterocycles. The van der Waals surface area contributed by atoms with E-state index in [1.54, 1.807) is 37.6 Å². The number of carbonyl (C=O) groups excluding carboxylic acids is 1. The SMILES string of the molecule is CCOC(=O)c1ccc(N2CCN(Cc3nc(-c4ccco4)no3)CC2)nc1. The molecule has 28 heavy (non-hydrogen) atoms. The lowest BCUT2D eigenvalue weighted by Crippen LogP contribution is -2.46. The zero-order valence-corrected chi connectivity index (χ0v) is 15.6. The molecule has 9 heteroatoms. The summed E-state index contributed by atoms with van der Waals surface area (Å²) < 4.78 is 15.6. The molecule has 0 atom stereocenters. The highest BCUT2D eigenvalue weighted by Crippen LogP contribution is 2.18. The fourth-order valence-corrected chi connectivity index (χ4v) is 3.06. The van der Waals surface area contributed by atoms with E-state index >= 15 is 0 Å². The average Bonchev–Trinajstić information content (AvgIpc) is 3.41. The van der Waals surface area contributed by atoms with Crippen molar-refractivity contribution in [3.63, 3.8) is 0 Å². The van der Waals surface area contributed by atoms with Crippen LogP contribution in [0.3, 0.4) is 0 Å². The Hall–Kier alpha value is -3.20. The summed E-state index contributed by atoms with van der Waals surface area (Å²) in [6, 6.07) is 7.20. The molecule has 0 aromatic carbocycles. The Balaban J connectivity index is 1.30. The Kier molecular flexibility index (Phi) is 5.34. The van der Waals surface area contributed by atoms with Crippen LogP contribution in [0.5, 0.6) is 0 Å². The zero-order chi connectivity index (χ0) is 19.3. The second kappa shape index (κ2) is 8.22. The highest BCUT2D eigenvalue weighted by molar-refractivity contribution is 5.89. The third-order valence-corrected chi connectivity index (χ3v) is 4.52. The third kappa shape index (κ3) is 4.04. The Labute approximate surface area is 161 Å². The van der Waals surface area contributed by atoms with Gasteiger partial charge in [0.1, 0.15) is 5.82 Å². The number of anilines is 1. The topological polar surface area (TPSA) is 97.7 Å². The number of nitrogens with zero attached hydrogens (tertiary/aromatic N) is 5. The Morgan fingerprint density at radius 1 is 1.21 bits per heavy atom. The normalized spacial score (nSPS) is 15.0. The van der Waals surface area contributed by atoms with Crippen LogP contribution in [0.25, 0.3) is 11.6 Å². The molecule has 4 heterocycles. The molecule has 146 valence electrons. The van der Waals surface area contributed by atoms with Crippen LogP contribution >= 0.6 is 0 Å². The van der Waals surface area contributed by atoms with Crippen LogP contribution in [0, 0.1) is 0 Å². The van der Waals surface area contributed by atoms with Crippen LogP contribution in [0.2, 0.25) is 0 Å². The van der Waals surface area contributed by atoms with Gasteiger partial charge < -0.3 is 18.6 Å². The van der Waals surface area contributed by atoms with Crippen molar-refractivity contribution < 1.29 is 18.5 Å². The molecular formula is C19H21N5O4. The molecule has 3 aromatic rings. The monoisotopic (exact) mass is 383 g/mol. The highest BCUT2D eigenvalue weighted by atomic mass is 16.5. The van der Waals surface area contributed by atoms with Gasteiger partial charge in [0, 0.05) is 32.4 Å². The van der Waals surface area contributed by atoms with Gasteiger partial charge in [-0.25, -0.2) is 9.78 Å². The van der Waals surface area contributed by atoms with Gasteiger partial charge in [-0.15, -0.1) is 0 Å². The van der Waals surface area contributed by atoms with Crippen molar-refractivity contribution in [1.29, 1.82) is 0 Å². The molecule has 3 aromatic heterocycles. The first kappa shape index (κ1) is 18.2. The summed E-state index contributed by atoms with van der Waals surface area (Å²) in [5.74, 6) is 2.13. The summed E-state index contributed by atoms with van der Waals surface area (Å²) in [7, 11) is 0. The van der Waals surface area contributed by atoms with Gasteiger partial charge in [-0.2, -0.15) is 4.98 Å². The van der Waals surface area contributed by atoms with Gasteiger partial charge in [-0.3, -0.25) is 4.90 Å². The van der Waals surface area contributed by atoms with Crippen molar-refractivity contribution in [3.05, 3.63) is 48.2 Å². The largest absolute Gasteiger partial charge is 0.462 e. The molecule has 0 unspecified atom stereocenters. The summed E-state index contributed by atoms with van der Waals surface area (Å²) in [6.45, 7) is 6.07. The number of carbonyl (C=O) groups is 1. The van der Waals surface area contributed by atoms with Crippen molar-refractivity contribution in [2.75, 3.05) is 37.7 Å². The molecule has 0 aliphatic carbocycles. The van der Waals surface area contributed by atoms with E-state index in [0.717, 1.165) is 32.0 Å². The van der Waals surface area contributed by atoms with E-state index < -0.39 is 0 Å². The van der Waals surface area contributed by atoms with Crippen molar-refractivity contribution in [1.82, 2.24) is 20.0 Å². The summed E-state index contributed by atoms with van der Waals surface area (Å²) in [6.07, 6.45) is 3.15. The molecule has 1 saturated heterocycles. The Bertz CT molecular complexity index is 899. The van der Waals surface area contributed by atoms with E-state index in [1.807, 2.05) is 6.07 Å². The predicted molar refractivity (Wildman–Crippen MR) is 99.7 cm³/mol. The number of aromatic nitrogens is 3. The number of hydrogen-bond acceptors (Lipinski definition) is 9. The quantitative estimate of drug-likeness (QED) is 0.593. The fraction of sp³-hybridized carbons (Fsp3) is 0.368. The number of hydrogen-bond donors (Lipinski definition) is 0. The van der Waals surface area contributed by atoms with Gasteiger partial charge in [0.15, 0.2) is 5.76 Å². The van der Waals surface area contributed by atoms with E-state index in [9.17, 15) is 4.79 Å². The zero-order valence-electron chi connectivity index (χ0n) is 15.6. The first-order valence-corrected chi connectivity index (χ1v) is 9.20. The molecule has 0 saturated carbocycles. The minimum Gasteiger partial charge on any atom is -0.462 e. The van der Waals surface area contributed by atoms with Gasteiger partial charge in [0.25, 0.3) is 0 Å². The van der Waals surface area contributed by atoms with E-state index in [2.05, 4.69) is 24.9 Å². The van der Waals surface area contributed by atoms with E-state index in [0.29, 0.717) is 36.2 Å². The molecule has 1 aliphatic rings. The maximum atomic E-state index is 11.7. The molecule has 0 radical (unpaired) electrons. The summed E-state index contributed by atoms with van der Waals surface area (Å²) in [4.78, 5) is 24.9.